The van der Waals surface area contributed by atoms with Gasteiger partial charge < -0.3 is 15.1 Å². The van der Waals surface area contributed by atoms with E-state index in [0.717, 1.165) is 43.9 Å². The normalized spacial score (nSPS) is 25.6. The number of rotatable bonds is 4. The minimum atomic E-state index is -0.134. The summed E-state index contributed by atoms with van der Waals surface area (Å²) in [6.07, 6.45) is 9.19. The second kappa shape index (κ2) is 8.05. The first-order chi connectivity index (χ1) is 14.7. The lowest BCUT2D eigenvalue weighted by molar-refractivity contribution is -0.142. The van der Waals surface area contributed by atoms with E-state index in [2.05, 4.69) is 25.1 Å². The molecule has 3 fully saturated rings. The van der Waals surface area contributed by atoms with Crippen LogP contribution in [0.3, 0.4) is 0 Å². The van der Waals surface area contributed by atoms with Crippen LogP contribution in [0.2, 0.25) is 0 Å². The summed E-state index contributed by atoms with van der Waals surface area (Å²) in [7, 11) is 0. The average molecular weight is 406 g/mol. The van der Waals surface area contributed by atoms with Gasteiger partial charge in [0.2, 0.25) is 5.91 Å². The summed E-state index contributed by atoms with van der Waals surface area (Å²) in [5.74, 6) is 2.15. The van der Waals surface area contributed by atoms with Crippen molar-refractivity contribution in [2.45, 2.75) is 38.3 Å². The quantitative estimate of drug-likeness (QED) is 0.844. The van der Waals surface area contributed by atoms with E-state index in [1.54, 1.807) is 18.6 Å². The molecule has 3 aliphatic heterocycles. The van der Waals surface area contributed by atoms with Gasteiger partial charge >= 0.3 is 0 Å². The first-order valence-electron chi connectivity index (χ1n) is 10.8. The molecule has 2 aromatic rings. The van der Waals surface area contributed by atoms with Crippen LogP contribution in [0.4, 0.5) is 5.82 Å². The number of anilines is 1. The van der Waals surface area contributed by atoms with Crippen molar-refractivity contribution >= 4 is 17.6 Å². The molecule has 0 saturated carbocycles. The van der Waals surface area contributed by atoms with Crippen LogP contribution in [0.25, 0.3) is 0 Å². The molecule has 2 aromatic heterocycles. The molecule has 5 rings (SSSR count). The largest absolute Gasteiger partial charge is 0.356 e. The highest BCUT2D eigenvalue weighted by Crippen LogP contribution is 2.38. The van der Waals surface area contributed by atoms with E-state index < -0.39 is 0 Å². The Balaban J connectivity index is 1.23. The third kappa shape index (κ3) is 3.76. The zero-order valence-corrected chi connectivity index (χ0v) is 17.0. The van der Waals surface area contributed by atoms with Crippen molar-refractivity contribution in [1.29, 1.82) is 0 Å². The average Bonchev–Trinajstić information content (AvgIpc) is 2.79. The third-order valence-corrected chi connectivity index (χ3v) is 6.69. The zero-order valence-electron chi connectivity index (χ0n) is 17.0. The molecular weight excluding hydrogens is 378 g/mol. The maximum Gasteiger partial charge on any atom is 0.253 e. The van der Waals surface area contributed by atoms with Gasteiger partial charge in [-0.15, -0.1) is 0 Å². The Bertz CT molecular complexity index is 917. The van der Waals surface area contributed by atoms with Crippen molar-refractivity contribution in [3.05, 3.63) is 54.0 Å². The van der Waals surface area contributed by atoms with Crippen LogP contribution in [0, 0.1) is 11.8 Å². The number of carbonyl (C=O) groups excluding carboxylic acids is 2. The van der Waals surface area contributed by atoms with E-state index in [9.17, 15) is 9.59 Å². The summed E-state index contributed by atoms with van der Waals surface area (Å²) in [6, 6.07) is 7.98. The van der Waals surface area contributed by atoms with E-state index >= 15 is 0 Å². The second-order valence-electron chi connectivity index (χ2n) is 8.72. The lowest BCUT2D eigenvalue weighted by atomic mass is 9.76. The molecule has 2 bridgehead atoms. The highest BCUT2D eigenvalue weighted by molar-refractivity contribution is 5.94. The summed E-state index contributed by atoms with van der Waals surface area (Å²) in [5.41, 5.74) is 1.52. The van der Waals surface area contributed by atoms with E-state index in [-0.39, 0.29) is 5.91 Å². The maximum absolute atomic E-state index is 12.4. The minimum Gasteiger partial charge on any atom is -0.356 e. The number of nitrogens with one attached hydrogen (secondary N) is 1. The molecule has 7 heteroatoms. The van der Waals surface area contributed by atoms with Gasteiger partial charge in [-0.1, -0.05) is 6.07 Å². The third-order valence-electron chi connectivity index (χ3n) is 6.69. The number of amides is 2. The number of nitrogens with zero attached hydrogens (tertiary/aromatic N) is 4. The van der Waals surface area contributed by atoms with Crippen LogP contribution < -0.4 is 10.2 Å². The molecule has 0 aliphatic carbocycles. The van der Waals surface area contributed by atoms with Gasteiger partial charge in [0.05, 0.1) is 5.56 Å². The van der Waals surface area contributed by atoms with Gasteiger partial charge in [0.15, 0.2) is 0 Å². The van der Waals surface area contributed by atoms with Gasteiger partial charge in [0.25, 0.3) is 5.91 Å². The van der Waals surface area contributed by atoms with Crippen molar-refractivity contribution in [2.75, 3.05) is 24.5 Å². The Kier molecular flexibility index (Phi) is 5.11. The summed E-state index contributed by atoms with van der Waals surface area (Å²) in [4.78, 5) is 37.9. The highest BCUT2D eigenvalue weighted by atomic mass is 16.2. The predicted octanol–water partition coefficient (Wildman–Crippen LogP) is 2.24. The Morgan fingerprint density at radius 3 is 2.90 bits per heavy atom. The van der Waals surface area contributed by atoms with E-state index in [0.29, 0.717) is 42.3 Å². The fraction of sp³-hybridized carbons (Fsp3) is 0.478. The monoisotopic (exact) mass is 405 g/mol. The minimum absolute atomic E-state index is 0.134. The molecule has 1 N–H and O–H groups in total. The number of piperidine rings is 3. The van der Waals surface area contributed by atoms with E-state index in [1.807, 2.05) is 24.3 Å². The molecule has 0 aromatic carbocycles. The number of hydrogen-bond acceptors (Lipinski definition) is 5. The number of pyridine rings is 2. The van der Waals surface area contributed by atoms with Gasteiger partial charge in [-0.3, -0.25) is 14.6 Å². The number of aromatic nitrogens is 2. The van der Waals surface area contributed by atoms with Gasteiger partial charge in [-0.2, -0.15) is 0 Å². The fourth-order valence-corrected chi connectivity index (χ4v) is 5.29. The Morgan fingerprint density at radius 2 is 2.10 bits per heavy atom. The molecule has 5 heterocycles. The maximum atomic E-state index is 12.4. The molecule has 0 spiro atoms. The van der Waals surface area contributed by atoms with Gasteiger partial charge in [0.1, 0.15) is 5.82 Å². The van der Waals surface area contributed by atoms with E-state index in [4.69, 9.17) is 0 Å². The fourth-order valence-electron chi connectivity index (χ4n) is 5.29. The lowest BCUT2D eigenvalue weighted by Crippen LogP contribution is -2.60. The molecule has 0 radical (unpaired) electrons. The molecule has 3 saturated heterocycles. The van der Waals surface area contributed by atoms with Crippen molar-refractivity contribution in [1.82, 2.24) is 20.2 Å². The van der Waals surface area contributed by atoms with Crippen molar-refractivity contribution in [3.8, 4) is 0 Å². The van der Waals surface area contributed by atoms with Crippen LogP contribution >= 0.6 is 0 Å². The number of carbonyl (C=O) groups is 2. The smallest absolute Gasteiger partial charge is 0.253 e. The van der Waals surface area contributed by atoms with Crippen LogP contribution in [-0.2, 0) is 11.3 Å². The molecule has 3 aliphatic rings. The summed E-state index contributed by atoms with van der Waals surface area (Å²) in [6.45, 7) is 3.18. The standard InChI is InChI=1S/C23H27N5O2/c29-22-5-1-4-20-19-9-17(14-28(20)22)13-27(15-19)21-7-6-18(12-25-21)23(30)26-11-16-3-2-8-24-10-16/h2-3,6-8,10,12,17,19-20H,1,4-5,9,11,13-15H2,(H,26,30)/t17-,19-,20-/m1/s1. The second-order valence-corrected chi connectivity index (χ2v) is 8.72. The molecular formula is C23H27N5O2. The topological polar surface area (TPSA) is 78.4 Å². The van der Waals surface area contributed by atoms with E-state index in [1.165, 1.54) is 6.42 Å². The molecule has 0 unspecified atom stereocenters. The SMILES string of the molecule is O=C(NCc1cccnc1)c1ccc(N2C[C@H]3C[C@H](C2)[C@H]2CCCC(=O)N2C3)nc1. The Hall–Kier alpha value is -2.96. The summed E-state index contributed by atoms with van der Waals surface area (Å²) < 4.78 is 0. The summed E-state index contributed by atoms with van der Waals surface area (Å²) >= 11 is 0. The lowest BCUT2D eigenvalue weighted by Gasteiger charge is -2.52. The molecule has 3 atom stereocenters. The molecule has 7 nitrogen and oxygen atoms in total. The number of fused-ring (bicyclic) bond motifs is 4. The molecule has 30 heavy (non-hydrogen) atoms. The Morgan fingerprint density at radius 1 is 1.17 bits per heavy atom. The van der Waals surface area contributed by atoms with Crippen molar-refractivity contribution in [3.63, 3.8) is 0 Å². The summed E-state index contributed by atoms with van der Waals surface area (Å²) in [5, 5.41) is 2.91. The van der Waals surface area contributed by atoms with Crippen molar-refractivity contribution in [2.24, 2.45) is 11.8 Å². The van der Waals surface area contributed by atoms with Gasteiger partial charge in [0, 0.05) is 57.2 Å². The van der Waals surface area contributed by atoms with Crippen LogP contribution in [0.5, 0.6) is 0 Å². The van der Waals surface area contributed by atoms with Gasteiger partial charge in [-0.05, 0) is 54.9 Å². The highest BCUT2D eigenvalue weighted by Gasteiger charge is 2.44. The first-order valence-corrected chi connectivity index (χ1v) is 10.8. The van der Waals surface area contributed by atoms with Crippen molar-refractivity contribution < 1.29 is 9.59 Å². The Labute approximate surface area is 176 Å². The molecule has 156 valence electrons. The van der Waals surface area contributed by atoms with Gasteiger partial charge in [-0.25, -0.2) is 4.98 Å². The van der Waals surface area contributed by atoms with Crippen LogP contribution in [-0.4, -0.2) is 52.4 Å². The molecule has 2 amide bonds. The zero-order chi connectivity index (χ0) is 20.5. The number of hydrogen-bond donors (Lipinski definition) is 1. The van der Waals surface area contributed by atoms with Crippen LogP contribution in [0.1, 0.15) is 41.6 Å². The van der Waals surface area contributed by atoms with Crippen LogP contribution in [0.15, 0.2) is 42.9 Å². The first kappa shape index (κ1) is 19.0. The predicted molar refractivity (Wildman–Crippen MR) is 113 cm³/mol.